The summed E-state index contributed by atoms with van der Waals surface area (Å²) in [7, 11) is -3.44. The quantitative estimate of drug-likeness (QED) is 0.730. The lowest BCUT2D eigenvalue weighted by atomic mass is 10.00. The fourth-order valence-corrected chi connectivity index (χ4v) is 4.06. The Hall–Kier alpha value is -0.630. The molecule has 0 radical (unpaired) electrons. The molecule has 1 aliphatic heterocycles. The van der Waals surface area contributed by atoms with Gasteiger partial charge in [0.15, 0.2) is 9.84 Å². The second kappa shape index (κ2) is 9.61. The van der Waals surface area contributed by atoms with E-state index in [0.717, 1.165) is 30.4 Å². The lowest BCUT2D eigenvalue weighted by Gasteiger charge is -2.22. The van der Waals surface area contributed by atoms with Crippen molar-refractivity contribution >= 4 is 44.1 Å². The van der Waals surface area contributed by atoms with E-state index >= 15 is 0 Å². The lowest BCUT2D eigenvalue weighted by molar-refractivity contribution is -0.118. The fourth-order valence-electron chi connectivity index (χ4n) is 2.49. The van der Waals surface area contributed by atoms with E-state index in [0.29, 0.717) is 18.0 Å². The van der Waals surface area contributed by atoms with E-state index < -0.39 is 21.5 Å². The summed E-state index contributed by atoms with van der Waals surface area (Å²) in [4.78, 5) is 11.8. The van der Waals surface area contributed by atoms with Crippen molar-refractivity contribution in [1.82, 2.24) is 10.6 Å². The van der Waals surface area contributed by atoms with Crippen LogP contribution in [0.4, 0.5) is 0 Å². The molecule has 0 saturated carbocycles. The van der Waals surface area contributed by atoms with Crippen LogP contribution in [0.5, 0.6) is 0 Å². The van der Waals surface area contributed by atoms with Gasteiger partial charge in [0.25, 0.3) is 0 Å². The summed E-state index contributed by atoms with van der Waals surface area (Å²) in [6.07, 6.45) is 2.17. The summed E-state index contributed by atoms with van der Waals surface area (Å²) < 4.78 is 25.0. The van der Waals surface area contributed by atoms with Gasteiger partial charge in [-0.2, -0.15) is 0 Å². The number of sulfone groups is 1. The molecule has 0 aliphatic carbocycles. The summed E-state index contributed by atoms with van der Waals surface area (Å²) in [5.74, 6) is -0.586. The Morgan fingerprint density at radius 1 is 1.30 bits per heavy atom. The largest absolute Gasteiger partial charge is 0.355 e. The second-order valence-corrected chi connectivity index (χ2v) is 8.66. The van der Waals surface area contributed by atoms with Gasteiger partial charge in [0.2, 0.25) is 5.91 Å². The van der Waals surface area contributed by atoms with Gasteiger partial charge >= 0.3 is 0 Å². The van der Waals surface area contributed by atoms with Crippen molar-refractivity contribution in [3.05, 3.63) is 34.3 Å². The Kier molecular flexibility index (Phi) is 8.53. The van der Waals surface area contributed by atoms with Crippen molar-refractivity contribution in [1.29, 1.82) is 0 Å². The third kappa shape index (κ3) is 7.65. The van der Waals surface area contributed by atoms with E-state index in [9.17, 15) is 13.2 Å². The third-order valence-electron chi connectivity index (χ3n) is 3.64. The molecule has 130 valence electrons. The Balaban J connectivity index is 0.00000264. The van der Waals surface area contributed by atoms with Crippen molar-refractivity contribution in [2.75, 3.05) is 25.4 Å². The molecule has 1 unspecified atom stereocenters. The average molecular weight is 426 g/mol. The summed E-state index contributed by atoms with van der Waals surface area (Å²) in [6, 6.07) is 7.07. The highest BCUT2D eigenvalue weighted by molar-refractivity contribution is 9.10. The molecule has 2 N–H and O–H groups in total. The van der Waals surface area contributed by atoms with Crippen molar-refractivity contribution in [3.8, 4) is 0 Å². The first-order valence-electron chi connectivity index (χ1n) is 7.37. The first-order valence-corrected chi connectivity index (χ1v) is 9.98. The predicted molar refractivity (Wildman–Crippen MR) is 97.5 cm³/mol. The molecule has 1 heterocycles. The number of nitrogens with one attached hydrogen (secondary N) is 2. The van der Waals surface area contributed by atoms with Gasteiger partial charge in [-0.25, -0.2) is 8.42 Å². The number of carbonyl (C=O) groups excluding carboxylic acids is 1. The van der Waals surface area contributed by atoms with Crippen LogP contribution in [-0.2, 0) is 20.4 Å². The molecular weight excluding hydrogens is 404 g/mol. The minimum absolute atomic E-state index is 0. The van der Waals surface area contributed by atoms with Crippen LogP contribution in [0, 0.1) is 5.92 Å². The van der Waals surface area contributed by atoms with Crippen LogP contribution in [-0.4, -0.2) is 39.7 Å². The molecule has 2 rings (SSSR count). The highest BCUT2D eigenvalue weighted by Crippen LogP contribution is 2.13. The number of hydrogen-bond donors (Lipinski definition) is 2. The molecule has 0 bridgehead atoms. The molecule has 1 atom stereocenters. The first-order chi connectivity index (χ1) is 10.4. The van der Waals surface area contributed by atoms with E-state index in [1.165, 1.54) is 0 Å². The maximum atomic E-state index is 12.1. The molecule has 1 aromatic carbocycles. The monoisotopic (exact) mass is 424 g/mol. The van der Waals surface area contributed by atoms with E-state index in [4.69, 9.17) is 0 Å². The van der Waals surface area contributed by atoms with Gasteiger partial charge in [0.1, 0.15) is 5.75 Å². The van der Waals surface area contributed by atoms with Gasteiger partial charge in [-0.1, -0.05) is 28.1 Å². The van der Waals surface area contributed by atoms with Crippen molar-refractivity contribution in [2.24, 2.45) is 5.92 Å². The zero-order chi connectivity index (χ0) is 16.0. The van der Waals surface area contributed by atoms with Gasteiger partial charge in [-0.05, 0) is 49.5 Å². The van der Waals surface area contributed by atoms with Crippen molar-refractivity contribution in [3.63, 3.8) is 0 Å². The Morgan fingerprint density at radius 3 is 2.61 bits per heavy atom. The Morgan fingerprint density at radius 2 is 2.00 bits per heavy atom. The number of carbonyl (C=O) groups is 1. The summed E-state index contributed by atoms with van der Waals surface area (Å²) >= 11 is 3.30. The van der Waals surface area contributed by atoms with Crippen LogP contribution in [0.2, 0.25) is 0 Å². The van der Waals surface area contributed by atoms with Crippen LogP contribution in [0.15, 0.2) is 28.7 Å². The average Bonchev–Trinajstić information content (AvgIpc) is 2.48. The zero-order valence-corrected chi connectivity index (χ0v) is 16.0. The molecule has 1 saturated heterocycles. The smallest absolute Gasteiger partial charge is 0.235 e. The molecule has 1 aromatic rings. The van der Waals surface area contributed by atoms with E-state index in [1.807, 2.05) is 0 Å². The van der Waals surface area contributed by atoms with E-state index in [2.05, 4.69) is 26.6 Å². The molecular formula is C15H22BrClN2O3S. The lowest BCUT2D eigenvalue weighted by Crippen LogP contribution is -2.40. The van der Waals surface area contributed by atoms with Gasteiger partial charge < -0.3 is 10.6 Å². The summed E-state index contributed by atoms with van der Waals surface area (Å²) in [6.45, 7) is 2.44. The number of piperidine rings is 1. The molecule has 0 spiro atoms. The standard InChI is InChI=1S/C15H21BrN2O3S.ClH/c16-14-5-3-12(4-6-14)10-22(20,21)11-15(19)18-9-13-2-1-7-17-8-13;/h3-6,13,17H,1-2,7-11H2,(H,18,19);1H. The summed E-state index contributed by atoms with van der Waals surface area (Å²) in [5.41, 5.74) is 0.687. The van der Waals surface area contributed by atoms with Gasteiger partial charge in [-0.3, -0.25) is 4.79 Å². The maximum absolute atomic E-state index is 12.1. The number of rotatable bonds is 6. The number of hydrogen-bond acceptors (Lipinski definition) is 4. The molecule has 8 heteroatoms. The normalized spacial score (nSPS) is 18.0. The van der Waals surface area contributed by atoms with E-state index in [1.54, 1.807) is 24.3 Å². The molecule has 1 aliphatic rings. The molecule has 1 amide bonds. The maximum Gasteiger partial charge on any atom is 0.235 e. The second-order valence-electron chi connectivity index (χ2n) is 5.68. The molecule has 5 nitrogen and oxygen atoms in total. The number of amides is 1. The van der Waals surface area contributed by atoms with Gasteiger partial charge in [0.05, 0.1) is 5.75 Å². The summed E-state index contributed by atoms with van der Waals surface area (Å²) in [5, 5.41) is 6.01. The molecule has 23 heavy (non-hydrogen) atoms. The fraction of sp³-hybridized carbons (Fsp3) is 0.533. The Bertz CT molecular complexity index is 602. The van der Waals surface area contributed by atoms with Crippen LogP contribution in [0.25, 0.3) is 0 Å². The van der Waals surface area contributed by atoms with Crippen molar-refractivity contribution < 1.29 is 13.2 Å². The van der Waals surface area contributed by atoms with Gasteiger partial charge in [-0.15, -0.1) is 12.4 Å². The topological polar surface area (TPSA) is 75.3 Å². The Labute approximate surface area is 152 Å². The first kappa shape index (κ1) is 20.4. The zero-order valence-electron chi connectivity index (χ0n) is 12.8. The van der Waals surface area contributed by atoms with E-state index in [-0.39, 0.29) is 18.2 Å². The molecule has 1 fully saturated rings. The highest BCUT2D eigenvalue weighted by Gasteiger charge is 2.19. The SMILES string of the molecule is Cl.O=C(CS(=O)(=O)Cc1ccc(Br)cc1)NCC1CCCNC1. The van der Waals surface area contributed by atoms with Gasteiger partial charge in [0, 0.05) is 11.0 Å². The van der Waals surface area contributed by atoms with Crippen LogP contribution >= 0.6 is 28.3 Å². The predicted octanol–water partition coefficient (Wildman–Crippen LogP) is 1.90. The minimum atomic E-state index is -3.44. The number of benzene rings is 1. The highest BCUT2D eigenvalue weighted by atomic mass is 79.9. The van der Waals surface area contributed by atoms with Crippen LogP contribution in [0.1, 0.15) is 18.4 Å². The van der Waals surface area contributed by atoms with Crippen LogP contribution in [0.3, 0.4) is 0 Å². The minimum Gasteiger partial charge on any atom is -0.355 e. The third-order valence-corrected chi connectivity index (χ3v) is 5.64. The molecule has 0 aromatic heterocycles. The van der Waals surface area contributed by atoms with Crippen molar-refractivity contribution in [2.45, 2.75) is 18.6 Å². The number of halogens is 2. The van der Waals surface area contributed by atoms with Crippen LogP contribution < -0.4 is 10.6 Å².